The highest BCUT2D eigenvalue weighted by molar-refractivity contribution is 7.86. The Bertz CT molecular complexity index is 847. The predicted octanol–water partition coefficient (Wildman–Crippen LogP) is 1.47. The van der Waals surface area contributed by atoms with Crippen molar-refractivity contribution in [3.05, 3.63) is 30.1 Å². The van der Waals surface area contributed by atoms with Crippen LogP contribution in [0.3, 0.4) is 0 Å². The second-order valence-electron chi connectivity index (χ2n) is 6.49. The zero-order valence-electron chi connectivity index (χ0n) is 14.8. The Kier molecular flexibility index (Phi) is 5.59. The van der Waals surface area contributed by atoms with Gasteiger partial charge in [-0.1, -0.05) is 19.1 Å². The maximum absolute atomic E-state index is 12.9. The third kappa shape index (κ3) is 3.89. The first kappa shape index (κ1) is 18.8. The lowest BCUT2D eigenvalue weighted by Crippen LogP contribution is -2.49. The van der Waals surface area contributed by atoms with E-state index in [2.05, 4.69) is 9.97 Å². The van der Waals surface area contributed by atoms with Crippen LogP contribution >= 0.6 is 0 Å². The van der Waals surface area contributed by atoms with Gasteiger partial charge in [0.1, 0.15) is 5.82 Å². The number of fused-ring (bicyclic) bond motifs is 1. The van der Waals surface area contributed by atoms with E-state index in [0.717, 1.165) is 16.9 Å². The van der Waals surface area contributed by atoms with Crippen molar-refractivity contribution in [3.63, 3.8) is 0 Å². The zero-order chi connectivity index (χ0) is 18.7. The number of nitrogens with one attached hydrogen (secondary N) is 1. The topological polar surface area (TPSA) is 107 Å². The number of nitrogens with zero attached hydrogens (tertiary/aromatic N) is 3. The number of rotatable bonds is 7. The number of piperidine rings is 1. The van der Waals surface area contributed by atoms with Crippen LogP contribution in [-0.4, -0.2) is 64.3 Å². The minimum absolute atomic E-state index is 0.0405. The van der Waals surface area contributed by atoms with Crippen molar-refractivity contribution < 1.29 is 18.3 Å². The number of carbonyl (C=O) groups is 1. The van der Waals surface area contributed by atoms with Gasteiger partial charge in [-0.2, -0.15) is 17.0 Å². The first-order valence-electron chi connectivity index (χ1n) is 8.83. The average Bonchev–Trinajstić information content (AvgIpc) is 3.05. The number of aromatic amines is 1. The Morgan fingerprint density at radius 1 is 1.42 bits per heavy atom. The Hall–Kier alpha value is -1.97. The molecule has 3 rings (SSSR count). The molecule has 0 aliphatic carbocycles. The summed E-state index contributed by atoms with van der Waals surface area (Å²) in [5.74, 6) is -0.829. The molecule has 1 aliphatic rings. The van der Waals surface area contributed by atoms with Gasteiger partial charge in [0, 0.05) is 32.6 Å². The lowest BCUT2D eigenvalue weighted by Gasteiger charge is -2.33. The molecular weight excluding hydrogens is 356 g/mol. The van der Waals surface area contributed by atoms with Crippen molar-refractivity contribution in [2.24, 2.45) is 5.92 Å². The number of carboxylic acids is 1. The molecule has 142 valence electrons. The predicted molar refractivity (Wildman–Crippen MR) is 97.9 cm³/mol. The molecule has 2 N–H and O–H groups in total. The van der Waals surface area contributed by atoms with Crippen molar-refractivity contribution in [1.29, 1.82) is 0 Å². The van der Waals surface area contributed by atoms with Gasteiger partial charge in [0.05, 0.1) is 17.0 Å². The summed E-state index contributed by atoms with van der Waals surface area (Å²) in [5.41, 5.74) is 1.78. The number of hydrogen-bond donors (Lipinski definition) is 2. The number of aliphatic carboxylic acids is 1. The highest BCUT2D eigenvalue weighted by Gasteiger charge is 2.35. The van der Waals surface area contributed by atoms with E-state index < -0.39 is 22.1 Å². The van der Waals surface area contributed by atoms with Crippen molar-refractivity contribution >= 4 is 27.2 Å². The van der Waals surface area contributed by atoms with Crippen LogP contribution in [0.25, 0.3) is 11.0 Å². The Balaban J connectivity index is 1.69. The van der Waals surface area contributed by atoms with Crippen LogP contribution in [0.15, 0.2) is 24.3 Å². The number of aromatic nitrogens is 2. The fourth-order valence-corrected chi connectivity index (χ4v) is 5.01. The molecule has 1 aromatic carbocycles. The van der Waals surface area contributed by atoms with Crippen LogP contribution in [-0.2, 0) is 21.4 Å². The zero-order valence-corrected chi connectivity index (χ0v) is 15.6. The standard InChI is InChI=1S/C17H24N4O4S/c1-2-20(11-9-16-18-14-7-3-4-8-15(14)19-16)26(24,25)21-10-5-6-13(12-21)17(22)23/h3-4,7-8,13H,2,5-6,9-12H2,1H3,(H,18,19)(H,22,23). The summed E-state index contributed by atoms with van der Waals surface area (Å²) in [6.07, 6.45) is 1.56. The molecule has 0 spiro atoms. The number of H-pyrrole nitrogens is 1. The molecule has 1 aliphatic heterocycles. The molecule has 1 unspecified atom stereocenters. The van der Waals surface area contributed by atoms with E-state index in [-0.39, 0.29) is 6.54 Å². The molecule has 1 aromatic heterocycles. The van der Waals surface area contributed by atoms with Crippen molar-refractivity contribution in [2.45, 2.75) is 26.2 Å². The minimum Gasteiger partial charge on any atom is -0.481 e. The highest BCUT2D eigenvalue weighted by Crippen LogP contribution is 2.21. The van der Waals surface area contributed by atoms with Crippen molar-refractivity contribution in [2.75, 3.05) is 26.2 Å². The molecule has 26 heavy (non-hydrogen) atoms. The van der Waals surface area contributed by atoms with Gasteiger partial charge in [-0.15, -0.1) is 0 Å². The Labute approximate surface area is 153 Å². The summed E-state index contributed by atoms with van der Waals surface area (Å²) in [6, 6.07) is 7.66. The number of para-hydroxylation sites is 2. The molecule has 1 fully saturated rings. The van der Waals surface area contributed by atoms with Gasteiger partial charge in [0.2, 0.25) is 0 Å². The Morgan fingerprint density at radius 3 is 2.88 bits per heavy atom. The molecule has 0 saturated carbocycles. The molecule has 9 heteroatoms. The summed E-state index contributed by atoms with van der Waals surface area (Å²) >= 11 is 0. The maximum atomic E-state index is 12.9. The monoisotopic (exact) mass is 380 g/mol. The van der Waals surface area contributed by atoms with E-state index in [1.54, 1.807) is 6.92 Å². The first-order chi connectivity index (χ1) is 12.4. The first-order valence-corrected chi connectivity index (χ1v) is 10.2. The molecule has 0 bridgehead atoms. The van der Waals surface area contributed by atoms with E-state index in [0.29, 0.717) is 38.9 Å². The molecule has 8 nitrogen and oxygen atoms in total. The summed E-state index contributed by atoms with van der Waals surface area (Å²) in [7, 11) is -3.68. The Morgan fingerprint density at radius 2 is 2.19 bits per heavy atom. The second-order valence-corrected chi connectivity index (χ2v) is 8.41. The molecule has 1 atom stereocenters. The molecule has 0 radical (unpaired) electrons. The van der Waals surface area contributed by atoms with Crippen LogP contribution < -0.4 is 0 Å². The molecular formula is C17H24N4O4S. The van der Waals surface area contributed by atoms with E-state index in [4.69, 9.17) is 0 Å². The lowest BCUT2D eigenvalue weighted by atomic mass is 10.0. The SMILES string of the molecule is CCN(CCc1nc2ccccc2[nH]1)S(=O)(=O)N1CCCC(C(=O)O)C1. The van der Waals surface area contributed by atoms with Crippen molar-refractivity contribution in [3.8, 4) is 0 Å². The molecule has 1 saturated heterocycles. The van der Waals surface area contributed by atoms with E-state index in [1.807, 2.05) is 24.3 Å². The van der Waals surface area contributed by atoms with Crippen LogP contribution in [0.4, 0.5) is 0 Å². The van der Waals surface area contributed by atoms with Crippen molar-refractivity contribution in [1.82, 2.24) is 18.6 Å². The van der Waals surface area contributed by atoms with E-state index in [1.165, 1.54) is 8.61 Å². The number of imidazole rings is 1. The third-order valence-electron chi connectivity index (χ3n) is 4.78. The highest BCUT2D eigenvalue weighted by atomic mass is 32.2. The minimum atomic E-state index is -3.68. The normalized spacial score (nSPS) is 19.2. The van der Waals surface area contributed by atoms with Gasteiger partial charge in [-0.3, -0.25) is 4.79 Å². The smallest absolute Gasteiger partial charge is 0.307 e. The second kappa shape index (κ2) is 7.73. The van der Waals surface area contributed by atoms with Gasteiger partial charge in [-0.25, -0.2) is 4.98 Å². The van der Waals surface area contributed by atoms with Crippen LogP contribution in [0.2, 0.25) is 0 Å². The lowest BCUT2D eigenvalue weighted by molar-refractivity contribution is -0.142. The van der Waals surface area contributed by atoms with Crippen LogP contribution in [0.1, 0.15) is 25.6 Å². The summed E-state index contributed by atoms with van der Waals surface area (Å²) in [5, 5.41) is 9.19. The number of benzene rings is 1. The maximum Gasteiger partial charge on any atom is 0.307 e. The average molecular weight is 380 g/mol. The van der Waals surface area contributed by atoms with Gasteiger partial charge in [-0.05, 0) is 25.0 Å². The quantitative estimate of drug-likeness (QED) is 0.756. The van der Waals surface area contributed by atoms with Gasteiger partial charge < -0.3 is 10.1 Å². The van der Waals surface area contributed by atoms with Crippen LogP contribution in [0.5, 0.6) is 0 Å². The van der Waals surface area contributed by atoms with E-state index in [9.17, 15) is 18.3 Å². The molecule has 2 aromatic rings. The van der Waals surface area contributed by atoms with E-state index >= 15 is 0 Å². The third-order valence-corrected chi connectivity index (χ3v) is 6.85. The van der Waals surface area contributed by atoms with Gasteiger partial charge in [0.15, 0.2) is 0 Å². The summed E-state index contributed by atoms with van der Waals surface area (Å²) in [4.78, 5) is 18.9. The molecule has 0 amide bonds. The fourth-order valence-electron chi connectivity index (χ4n) is 3.31. The number of likely N-dealkylation sites (N-methyl/N-ethyl adjacent to an activating group) is 1. The summed E-state index contributed by atoms with van der Waals surface area (Å²) < 4.78 is 28.5. The molecule has 2 heterocycles. The number of hydrogen-bond acceptors (Lipinski definition) is 4. The van der Waals surface area contributed by atoms with Crippen LogP contribution in [0, 0.1) is 5.92 Å². The number of carboxylic acid groups (broad SMARTS) is 1. The summed E-state index contributed by atoms with van der Waals surface area (Å²) in [6.45, 7) is 2.82. The fraction of sp³-hybridized carbons (Fsp3) is 0.529. The largest absolute Gasteiger partial charge is 0.481 e. The van der Waals surface area contributed by atoms with Gasteiger partial charge in [0.25, 0.3) is 10.2 Å². The van der Waals surface area contributed by atoms with Gasteiger partial charge >= 0.3 is 5.97 Å².